The summed E-state index contributed by atoms with van der Waals surface area (Å²) in [6.45, 7) is 0. The van der Waals surface area contributed by atoms with Crippen LogP contribution in [-0.4, -0.2) is 15.0 Å². The van der Waals surface area contributed by atoms with Crippen LogP contribution >= 0.6 is 0 Å². The van der Waals surface area contributed by atoms with Crippen molar-refractivity contribution >= 4 is 0 Å². The Morgan fingerprint density at radius 2 is 0.580 bits per heavy atom. The van der Waals surface area contributed by atoms with Gasteiger partial charge in [0.1, 0.15) is 10.8 Å². The topological polar surface area (TPSA) is 38.7 Å². The molecule has 0 saturated heterocycles. The van der Waals surface area contributed by atoms with Crippen LogP contribution in [0.1, 0.15) is 45.0 Å². The fourth-order valence-corrected chi connectivity index (χ4v) is 8.64. The molecule has 1 heterocycles. The van der Waals surface area contributed by atoms with E-state index in [9.17, 15) is 0 Å². The Labute approximate surface area is 291 Å². The van der Waals surface area contributed by atoms with E-state index in [1.54, 1.807) is 0 Å². The molecule has 8 aromatic rings. The van der Waals surface area contributed by atoms with E-state index in [4.69, 9.17) is 15.0 Å². The summed E-state index contributed by atoms with van der Waals surface area (Å²) in [4.78, 5) is 16.8. The molecule has 1 aromatic heterocycles. The first-order valence-corrected chi connectivity index (χ1v) is 17.1. The van der Waals surface area contributed by atoms with Gasteiger partial charge in [-0.3, -0.25) is 0 Å². The van der Waals surface area contributed by atoms with Gasteiger partial charge in [0.25, 0.3) is 0 Å². The number of aromatic nitrogens is 3. The Bertz CT molecular complexity index is 2290. The zero-order valence-electron chi connectivity index (χ0n) is 27.2. The Morgan fingerprint density at radius 3 is 0.940 bits per heavy atom. The van der Waals surface area contributed by atoms with Gasteiger partial charge in [-0.05, 0) is 55.6 Å². The van der Waals surface area contributed by atoms with Crippen LogP contribution in [0.4, 0.5) is 0 Å². The fourth-order valence-electron chi connectivity index (χ4n) is 8.64. The normalized spacial score (nSPS) is 14.3. The molecule has 0 atom stereocenters. The fraction of sp³-hybridized carbons (Fsp3) is 0.0426. The van der Waals surface area contributed by atoms with E-state index in [1.807, 2.05) is 6.07 Å². The maximum absolute atomic E-state index is 5.79. The van der Waals surface area contributed by atoms with Gasteiger partial charge in [-0.1, -0.05) is 188 Å². The first-order chi connectivity index (χ1) is 24.8. The predicted molar refractivity (Wildman–Crippen MR) is 200 cm³/mol. The molecule has 0 aliphatic heterocycles. The van der Waals surface area contributed by atoms with Gasteiger partial charge in [-0.15, -0.1) is 0 Å². The average Bonchev–Trinajstić information content (AvgIpc) is 3.68. The molecule has 0 bridgehead atoms. The van der Waals surface area contributed by atoms with Crippen LogP contribution in [0.3, 0.4) is 0 Å². The summed E-state index contributed by atoms with van der Waals surface area (Å²) in [5.74, 6) is 2.07. The number of hydrogen-bond donors (Lipinski definition) is 0. The largest absolute Gasteiger partial charge is 0.215 e. The van der Waals surface area contributed by atoms with Gasteiger partial charge in [0, 0.05) is 5.56 Å². The minimum atomic E-state index is -0.787. The van der Waals surface area contributed by atoms with E-state index in [0.29, 0.717) is 17.5 Å². The highest BCUT2D eigenvalue weighted by atomic mass is 15.1. The molecule has 3 heteroatoms. The third kappa shape index (κ3) is 3.83. The lowest BCUT2D eigenvalue weighted by molar-refractivity contribution is 0.631. The highest BCUT2D eigenvalue weighted by Crippen LogP contribution is 2.58. The number of fused-ring (bicyclic) bond motifs is 6. The third-order valence-corrected chi connectivity index (χ3v) is 10.7. The molecule has 0 unspecified atom stereocenters. The molecule has 234 valence electrons. The molecule has 0 saturated carbocycles. The number of hydrogen-bond acceptors (Lipinski definition) is 3. The summed E-state index contributed by atoms with van der Waals surface area (Å²) in [5, 5.41) is 0. The molecular formula is C47H31N3. The van der Waals surface area contributed by atoms with Gasteiger partial charge >= 0.3 is 0 Å². The Morgan fingerprint density at radius 1 is 0.280 bits per heavy atom. The quantitative estimate of drug-likeness (QED) is 0.189. The van der Waals surface area contributed by atoms with E-state index in [0.717, 1.165) is 16.7 Å². The van der Waals surface area contributed by atoms with Gasteiger partial charge in [-0.2, -0.15) is 0 Å². The molecule has 50 heavy (non-hydrogen) atoms. The van der Waals surface area contributed by atoms with Crippen LogP contribution in [0.25, 0.3) is 33.6 Å². The standard InChI is InChI=1S/C47H31N3/c1-4-18-32(19-5-1)43-48-44(46(33-20-6-2-7-21-33)39-28-14-10-24-35(39)36-25-11-15-29-40(36)46)50-45(49-43)47(34-22-8-3-9-23-34)41-30-16-12-26-37(41)38-27-13-17-31-42(38)47/h1-31H. The molecule has 0 amide bonds. The Hall–Kier alpha value is -6.45. The average molecular weight is 638 g/mol. The smallest absolute Gasteiger partial charge is 0.163 e. The van der Waals surface area contributed by atoms with E-state index >= 15 is 0 Å². The molecular weight excluding hydrogens is 607 g/mol. The summed E-state index contributed by atoms with van der Waals surface area (Å²) < 4.78 is 0. The summed E-state index contributed by atoms with van der Waals surface area (Å²) in [7, 11) is 0. The maximum atomic E-state index is 5.79. The van der Waals surface area contributed by atoms with Crippen molar-refractivity contribution in [3.63, 3.8) is 0 Å². The van der Waals surface area contributed by atoms with Crippen molar-refractivity contribution in [2.45, 2.75) is 10.8 Å². The van der Waals surface area contributed by atoms with E-state index in [1.165, 1.54) is 44.5 Å². The second-order valence-corrected chi connectivity index (χ2v) is 13.1. The minimum absolute atomic E-state index is 0.653. The van der Waals surface area contributed by atoms with Crippen LogP contribution in [-0.2, 0) is 10.8 Å². The molecule has 2 aliphatic carbocycles. The first-order valence-electron chi connectivity index (χ1n) is 17.1. The Kier molecular flexibility index (Phi) is 6.31. The van der Waals surface area contributed by atoms with Crippen LogP contribution < -0.4 is 0 Å². The van der Waals surface area contributed by atoms with Crippen LogP contribution in [0.2, 0.25) is 0 Å². The van der Waals surface area contributed by atoms with E-state index in [-0.39, 0.29) is 0 Å². The van der Waals surface area contributed by atoms with Gasteiger partial charge in [0.05, 0.1) is 0 Å². The van der Waals surface area contributed by atoms with E-state index < -0.39 is 10.8 Å². The molecule has 2 aliphatic rings. The number of benzene rings is 7. The second-order valence-electron chi connectivity index (χ2n) is 13.1. The van der Waals surface area contributed by atoms with Gasteiger partial charge in [0.2, 0.25) is 0 Å². The molecule has 3 nitrogen and oxygen atoms in total. The van der Waals surface area contributed by atoms with Crippen molar-refractivity contribution in [1.29, 1.82) is 0 Å². The number of nitrogens with zero attached hydrogens (tertiary/aromatic N) is 3. The molecule has 0 spiro atoms. The summed E-state index contributed by atoms with van der Waals surface area (Å²) in [6, 6.07) is 66.8. The van der Waals surface area contributed by atoms with Gasteiger partial charge in [0.15, 0.2) is 17.5 Å². The van der Waals surface area contributed by atoms with Crippen molar-refractivity contribution in [3.8, 4) is 33.6 Å². The number of rotatable bonds is 5. The highest BCUT2D eigenvalue weighted by molar-refractivity contribution is 5.87. The Balaban J connectivity index is 1.40. The first kappa shape index (κ1) is 28.6. The lowest BCUT2D eigenvalue weighted by Gasteiger charge is -2.35. The summed E-state index contributed by atoms with van der Waals surface area (Å²) >= 11 is 0. The lowest BCUT2D eigenvalue weighted by Crippen LogP contribution is -2.36. The van der Waals surface area contributed by atoms with Crippen LogP contribution in [0, 0.1) is 0 Å². The minimum Gasteiger partial charge on any atom is -0.215 e. The molecule has 7 aromatic carbocycles. The van der Waals surface area contributed by atoms with Crippen molar-refractivity contribution in [1.82, 2.24) is 15.0 Å². The summed E-state index contributed by atoms with van der Waals surface area (Å²) in [6.07, 6.45) is 0. The van der Waals surface area contributed by atoms with Gasteiger partial charge < -0.3 is 0 Å². The maximum Gasteiger partial charge on any atom is 0.163 e. The monoisotopic (exact) mass is 637 g/mol. The van der Waals surface area contributed by atoms with Crippen LogP contribution in [0.5, 0.6) is 0 Å². The van der Waals surface area contributed by atoms with E-state index in [2.05, 4.69) is 182 Å². The van der Waals surface area contributed by atoms with Crippen LogP contribution in [0.15, 0.2) is 188 Å². The van der Waals surface area contributed by atoms with Crippen molar-refractivity contribution in [3.05, 3.63) is 233 Å². The van der Waals surface area contributed by atoms with Crippen molar-refractivity contribution < 1.29 is 0 Å². The molecule has 0 radical (unpaired) electrons. The molecule has 0 fully saturated rings. The van der Waals surface area contributed by atoms with Gasteiger partial charge in [-0.25, -0.2) is 15.0 Å². The zero-order chi connectivity index (χ0) is 33.1. The molecule has 0 N–H and O–H groups in total. The SMILES string of the molecule is c1ccc(-c2nc(C3(c4ccccc4)c4ccccc4-c4ccccc43)nc(C3(c4ccccc4)c4ccccc4-c4ccccc43)n2)cc1. The third-order valence-electron chi connectivity index (χ3n) is 10.7. The zero-order valence-corrected chi connectivity index (χ0v) is 27.2. The van der Waals surface area contributed by atoms with Crippen molar-refractivity contribution in [2.24, 2.45) is 0 Å². The summed E-state index contributed by atoms with van der Waals surface area (Å²) in [5.41, 5.74) is 11.1. The molecule has 10 rings (SSSR count). The second kappa shape index (κ2) is 11.0. The highest BCUT2D eigenvalue weighted by Gasteiger charge is 2.52. The van der Waals surface area contributed by atoms with Crippen molar-refractivity contribution in [2.75, 3.05) is 0 Å². The lowest BCUT2D eigenvalue weighted by atomic mass is 9.70. The predicted octanol–water partition coefficient (Wildman–Crippen LogP) is 10.3.